The fourth-order valence-corrected chi connectivity index (χ4v) is 3.48. The molecule has 1 N–H and O–H groups in total. The molecule has 4 rings (SSSR count). The van der Waals surface area contributed by atoms with Crippen LogP contribution in [0.2, 0.25) is 0 Å². The molecule has 0 fully saturated rings. The van der Waals surface area contributed by atoms with Gasteiger partial charge in [0, 0.05) is 35.2 Å². The molecule has 4 aromatic rings. The molecule has 0 bridgehead atoms. The van der Waals surface area contributed by atoms with Crippen LogP contribution in [-0.2, 0) is 13.0 Å². The van der Waals surface area contributed by atoms with Gasteiger partial charge in [-0.15, -0.1) is 11.3 Å². The second-order valence-corrected chi connectivity index (χ2v) is 6.67. The number of carbonyl (C=O) groups is 1. The molecule has 0 aliphatic rings. The molecule has 0 saturated carbocycles. The molecule has 0 radical (unpaired) electrons. The summed E-state index contributed by atoms with van der Waals surface area (Å²) in [5.41, 5.74) is 3.04. The fraction of sp³-hybridized carbons (Fsp3) is 0.100. The molecular formula is C20H17N3OS. The van der Waals surface area contributed by atoms with E-state index in [1.54, 1.807) is 6.20 Å². The third-order valence-corrected chi connectivity index (χ3v) is 4.86. The van der Waals surface area contributed by atoms with Crippen LogP contribution in [0.5, 0.6) is 0 Å². The predicted octanol–water partition coefficient (Wildman–Crippen LogP) is 4.59. The summed E-state index contributed by atoms with van der Waals surface area (Å²) in [6.07, 6.45) is 4.55. The monoisotopic (exact) mass is 347 g/mol. The number of amides is 1. The highest BCUT2D eigenvalue weighted by molar-refractivity contribution is 7.13. The Morgan fingerprint density at radius 2 is 1.88 bits per heavy atom. The lowest BCUT2D eigenvalue weighted by Crippen LogP contribution is -2.11. The van der Waals surface area contributed by atoms with Gasteiger partial charge in [-0.3, -0.25) is 10.1 Å². The van der Waals surface area contributed by atoms with E-state index in [-0.39, 0.29) is 5.91 Å². The van der Waals surface area contributed by atoms with Crippen molar-refractivity contribution >= 4 is 33.3 Å². The molecule has 5 heteroatoms. The quantitative estimate of drug-likeness (QED) is 0.574. The van der Waals surface area contributed by atoms with Crippen molar-refractivity contribution in [1.29, 1.82) is 0 Å². The predicted molar refractivity (Wildman–Crippen MR) is 102 cm³/mol. The standard InChI is InChI=1S/C20H17N3OS/c24-19(22-20-21-11-13-25-20)17-14-23(18-9-5-4-8-16(17)18)12-10-15-6-2-1-3-7-15/h1-9,11,13-14H,10,12H2,(H,21,22,24). The van der Waals surface area contributed by atoms with Crippen LogP contribution in [0.4, 0.5) is 5.13 Å². The van der Waals surface area contributed by atoms with Gasteiger partial charge in [-0.05, 0) is 18.1 Å². The van der Waals surface area contributed by atoms with E-state index in [0.29, 0.717) is 10.7 Å². The lowest BCUT2D eigenvalue weighted by molar-refractivity contribution is 0.102. The number of aromatic nitrogens is 2. The van der Waals surface area contributed by atoms with E-state index in [4.69, 9.17) is 0 Å². The van der Waals surface area contributed by atoms with Crippen molar-refractivity contribution in [3.8, 4) is 0 Å². The van der Waals surface area contributed by atoms with Crippen LogP contribution in [0.3, 0.4) is 0 Å². The van der Waals surface area contributed by atoms with Crippen LogP contribution >= 0.6 is 11.3 Å². The Bertz CT molecular complexity index is 990. The summed E-state index contributed by atoms with van der Waals surface area (Å²) < 4.78 is 2.15. The molecule has 2 aromatic heterocycles. The summed E-state index contributed by atoms with van der Waals surface area (Å²) in [4.78, 5) is 16.8. The molecule has 0 aliphatic carbocycles. The van der Waals surface area contributed by atoms with Crippen molar-refractivity contribution in [3.05, 3.63) is 83.5 Å². The molecule has 0 aliphatic heterocycles. The number of para-hydroxylation sites is 1. The molecule has 0 spiro atoms. The summed E-state index contributed by atoms with van der Waals surface area (Å²) in [5.74, 6) is -0.121. The minimum Gasteiger partial charge on any atom is -0.346 e. The first kappa shape index (κ1) is 15.6. The molecule has 0 unspecified atom stereocenters. The van der Waals surface area contributed by atoms with Crippen LogP contribution in [0.1, 0.15) is 15.9 Å². The number of anilines is 1. The van der Waals surface area contributed by atoms with Gasteiger partial charge in [0.2, 0.25) is 0 Å². The Morgan fingerprint density at radius 1 is 1.08 bits per heavy atom. The van der Waals surface area contributed by atoms with E-state index in [2.05, 4.69) is 45.2 Å². The van der Waals surface area contributed by atoms with Crippen LogP contribution < -0.4 is 5.32 Å². The van der Waals surface area contributed by atoms with Crippen molar-refractivity contribution in [3.63, 3.8) is 0 Å². The Kier molecular flexibility index (Phi) is 4.31. The Balaban J connectivity index is 1.63. The first-order chi connectivity index (χ1) is 12.3. The van der Waals surface area contributed by atoms with Crippen molar-refractivity contribution in [2.24, 2.45) is 0 Å². The normalized spacial score (nSPS) is 10.9. The van der Waals surface area contributed by atoms with Gasteiger partial charge in [0.1, 0.15) is 0 Å². The van der Waals surface area contributed by atoms with Gasteiger partial charge in [0.05, 0.1) is 5.56 Å². The zero-order chi connectivity index (χ0) is 17.1. The van der Waals surface area contributed by atoms with Crippen molar-refractivity contribution in [1.82, 2.24) is 9.55 Å². The average Bonchev–Trinajstić information content (AvgIpc) is 3.28. The first-order valence-electron chi connectivity index (χ1n) is 8.14. The molecule has 1 amide bonds. The number of hydrogen-bond donors (Lipinski definition) is 1. The van der Waals surface area contributed by atoms with Crippen molar-refractivity contribution in [2.45, 2.75) is 13.0 Å². The minimum atomic E-state index is -0.121. The van der Waals surface area contributed by atoms with Gasteiger partial charge < -0.3 is 4.57 Å². The lowest BCUT2D eigenvalue weighted by atomic mass is 10.1. The van der Waals surface area contributed by atoms with Crippen LogP contribution in [0.25, 0.3) is 10.9 Å². The van der Waals surface area contributed by atoms with Gasteiger partial charge in [-0.25, -0.2) is 4.98 Å². The number of thiazole rings is 1. The highest BCUT2D eigenvalue weighted by Gasteiger charge is 2.15. The summed E-state index contributed by atoms with van der Waals surface area (Å²) >= 11 is 1.42. The van der Waals surface area contributed by atoms with E-state index in [1.807, 2.05) is 35.8 Å². The number of nitrogens with one attached hydrogen (secondary N) is 1. The number of hydrogen-bond acceptors (Lipinski definition) is 3. The molecule has 0 saturated heterocycles. The maximum absolute atomic E-state index is 12.7. The largest absolute Gasteiger partial charge is 0.346 e. The van der Waals surface area contributed by atoms with Gasteiger partial charge in [-0.1, -0.05) is 48.5 Å². The average molecular weight is 347 g/mol. The fourth-order valence-electron chi connectivity index (χ4n) is 2.96. The van der Waals surface area contributed by atoms with Crippen LogP contribution in [0, 0.1) is 0 Å². The molecule has 0 atom stereocenters. The molecule has 4 nitrogen and oxygen atoms in total. The Morgan fingerprint density at radius 3 is 2.68 bits per heavy atom. The highest BCUT2D eigenvalue weighted by Crippen LogP contribution is 2.23. The molecular weight excluding hydrogens is 330 g/mol. The number of benzene rings is 2. The number of rotatable bonds is 5. The SMILES string of the molecule is O=C(Nc1nccs1)c1cn(CCc2ccccc2)c2ccccc12. The zero-order valence-electron chi connectivity index (χ0n) is 13.6. The molecule has 2 heterocycles. The Labute approximate surface area is 149 Å². The number of fused-ring (bicyclic) bond motifs is 1. The second kappa shape index (κ2) is 6.91. The lowest BCUT2D eigenvalue weighted by Gasteiger charge is -2.05. The summed E-state index contributed by atoms with van der Waals surface area (Å²) in [6, 6.07) is 18.4. The third-order valence-electron chi connectivity index (χ3n) is 4.17. The van der Waals surface area contributed by atoms with Gasteiger partial charge >= 0.3 is 0 Å². The van der Waals surface area contributed by atoms with Crippen LogP contribution in [-0.4, -0.2) is 15.5 Å². The number of carbonyl (C=O) groups excluding carboxylic acids is 1. The number of aryl methyl sites for hydroxylation is 2. The topological polar surface area (TPSA) is 46.9 Å². The second-order valence-electron chi connectivity index (χ2n) is 5.78. The summed E-state index contributed by atoms with van der Waals surface area (Å²) in [5, 5.41) is 6.30. The summed E-state index contributed by atoms with van der Waals surface area (Å²) in [7, 11) is 0. The first-order valence-corrected chi connectivity index (χ1v) is 9.02. The maximum atomic E-state index is 12.7. The zero-order valence-corrected chi connectivity index (χ0v) is 14.4. The van der Waals surface area contributed by atoms with E-state index < -0.39 is 0 Å². The third kappa shape index (κ3) is 3.32. The molecule has 124 valence electrons. The highest BCUT2D eigenvalue weighted by atomic mass is 32.1. The van der Waals surface area contributed by atoms with E-state index in [9.17, 15) is 4.79 Å². The molecule has 25 heavy (non-hydrogen) atoms. The van der Waals surface area contributed by atoms with Gasteiger partial charge in [-0.2, -0.15) is 0 Å². The van der Waals surface area contributed by atoms with Crippen molar-refractivity contribution in [2.75, 3.05) is 5.32 Å². The Hall–Kier alpha value is -2.92. The van der Waals surface area contributed by atoms with E-state index in [1.165, 1.54) is 16.9 Å². The van der Waals surface area contributed by atoms with Gasteiger partial charge in [0.25, 0.3) is 5.91 Å². The van der Waals surface area contributed by atoms with Gasteiger partial charge in [0.15, 0.2) is 5.13 Å². The molecule has 2 aromatic carbocycles. The smallest absolute Gasteiger partial charge is 0.259 e. The number of nitrogens with zero attached hydrogens (tertiary/aromatic N) is 2. The van der Waals surface area contributed by atoms with E-state index >= 15 is 0 Å². The summed E-state index contributed by atoms with van der Waals surface area (Å²) in [6.45, 7) is 0.828. The minimum absolute atomic E-state index is 0.121. The van der Waals surface area contributed by atoms with Crippen LogP contribution in [0.15, 0.2) is 72.4 Å². The maximum Gasteiger partial charge on any atom is 0.259 e. The van der Waals surface area contributed by atoms with Crippen molar-refractivity contribution < 1.29 is 4.79 Å². The van der Waals surface area contributed by atoms with E-state index in [0.717, 1.165) is 23.9 Å².